The van der Waals surface area contributed by atoms with E-state index in [2.05, 4.69) is 26.0 Å². The van der Waals surface area contributed by atoms with Crippen LogP contribution in [0.15, 0.2) is 24.3 Å². The van der Waals surface area contributed by atoms with Crippen LogP contribution in [-0.2, 0) is 4.79 Å². The van der Waals surface area contributed by atoms with Gasteiger partial charge in [0.25, 0.3) is 0 Å². The number of hydrogen-bond acceptors (Lipinski definition) is 3. The Morgan fingerprint density at radius 3 is 2.37 bits per heavy atom. The van der Waals surface area contributed by atoms with Gasteiger partial charge in [-0.25, -0.2) is 0 Å². The second-order valence-corrected chi connectivity index (χ2v) is 6.02. The molecule has 106 valence electrons. The van der Waals surface area contributed by atoms with E-state index in [0.717, 1.165) is 11.4 Å². The van der Waals surface area contributed by atoms with Crippen LogP contribution in [0.4, 0.5) is 5.69 Å². The van der Waals surface area contributed by atoms with E-state index < -0.39 is 6.04 Å². The fourth-order valence-electron chi connectivity index (χ4n) is 1.83. The number of amides is 1. The number of likely N-dealkylation sites (N-methyl/N-ethyl adjacent to an activating group) is 1. The average molecular weight is 280 g/mol. The molecule has 0 fully saturated rings. The average Bonchev–Trinajstić information content (AvgIpc) is 2.43. The van der Waals surface area contributed by atoms with E-state index >= 15 is 0 Å². The molecular formula is C15H24N2OS. The number of anilines is 1. The van der Waals surface area contributed by atoms with Gasteiger partial charge in [-0.05, 0) is 42.0 Å². The van der Waals surface area contributed by atoms with Crippen LogP contribution in [0.1, 0.15) is 31.7 Å². The molecule has 1 rings (SSSR count). The number of hydrogen-bond donors (Lipinski definition) is 1. The van der Waals surface area contributed by atoms with Crippen LogP contribution < -0.4 is 10.6 Å². The maximum atomic E-state index is 12.2. The smallest absolute Gasteiger partial charge is 0.243 e. The third-order valence-electron chi connectivity index (χ3n) is 3.23. The van der Waals surface area contributed by atoms with E-state index in [9.17, 15) is 4.79 Å². The maximum Gasteiger partial charge on any atom is 0.243 e. The van der Waals surface area contributed by atoms with Crippen molar-refractivity contribution in [3.63, 3.8) is 0 Å². The van der Waals surface area contributed by atoms with Gasteiger partial charge in [-0.2, -0.15) is 11.8 Å². The molecule has 0 saturated heterocycles. The molecule has 3 nitrogen and oxygen atoms in total. The molecule has 0 aliphatic heterocycles. The van der Waals surface area contributed by atoms with Crippen LogP contribution >= 0.6 is 11.8 Å². The molecule has 1 aromatic carbocycles. The number of benzene rings is 1. The Balaban J connectivity index is 2.71. The lowest BCUT2D eigenvalue weighted by molar-refractivity contribution is -0.119. The first-order valence-corrected chi connectivity index (χ1v) is 7.98. The Bertz CT molecular complexity index is 403. The standard InChI is InChI=1S/C15H24N2OS/c1-11(2)12-5-7-13(8-6-12)17(3)15(18)14(16)9-10-19-4/h5-8,11,14H,9-10,16H2,1-4H3/t14-/m0/s1. The summed E-state index contributed by atoms with van der Waals surface area (Å²) in [5.74, 6) is 1.39. The summed E-state index contributed by atoms with van der Waals surface area (Å²) < 4.78 is 0. The lowest BCUT2D eigenvalue weighted by atomic mass is 10.0. The number of rotatable bonds is 6. The highest BCUT2D eigenvalue weighted by molar-refractivity contribution is 7.98. The number of carbonyl (C=O) groups excluding carboxylic acids is 1. The van der Waals surface area contributed by atoms with Crippen molar-refractivity contribution in [1.82, 2.24) is 0 Å². The van der Waals surface area contributed by atoms with Gasteiger partial charge in [0.2, 0.25) is 5.91 Å². The van der Waals surface area contributed by atoms with Crippen molar-refractivity contribution in [3.8, 4) is 0 Å². The highest BCUT2D eigenvalue weighted by atomic mass is 32.2. The molecule has 19 heavy (non-hydrogen) atoms. The summed E-state index contributed by atoms with van der Waals surface area (Å²) in [4.78, 5) is 13.8. The number of nitrogens with two attached hydrogens (primary N) is 1. The van der Waals surface area contributed by atoms with Gasteiger partial charge in [-0.3, -0.25) is 4.79 Å². The van der Waals surface area contributed by atoms with Gasteiger partial charge in [-0.1, -0.05) is 26.0 Å². The number of carbonyl (C=O) groups is 1. The monoisotopic (exact) mass is 280 g/mol. The van der Waals surface area contributed by atoms with Crippen LogP contribution in [0.5, 0.6) is 0 Å². The first kappa shape index (κ1) is 16.1. The first-order valence-electron chi connectivity index (χ1n) is 6.59. The maximum absolute atomic E-state index is 12.2. The zero-order valence-electron chi connectivity index (χ0n) is 12.2. The molecule has 0 heterocycles. The van der Waals surface area contributed by atoms with Crippen LogP contribution in [0.2, 0.25) is 0 Å². The van der Waals surface area contributed by atoms with Gasteiger partial charge < -0.3 is 10.6 Å². The quantitative estimate of drug-likeness (QED) is 0.871. The highest BCUT2D eigenvalue weighted by Crippen LogP contribution is 2.20. The summed E-state index contributed by atoms with van der Waals surface area (Å²) in [5, 5.41) is 0. The van der Waals surface area contributed by atoms with Gasteiger partial charge in [0.15, 0.2) is 0 Å². The van der Waals surface area contributed by atoms with E-state index in [0.29, 0.717) is 12.3 Å². The molecule has 0 unspecified atom stereocenters. The SMILES string of the molecule is CSCC[C@H](N)C(=O)N(C)c1ccc(C(C)C)cc1. The molecule has 1 amide bonds. The van der Waals surface area contributed by atoms with Crippen molar-refractivity contribution >= 4 is 23.4 Å². The van der Waals surface area contributed by atoms with E-state index in [1.165, 1.54) is 5.56 Å². The van der Waals surface area contributed by atoms with Gasteiger partial charge in [0, 0.05) is 12.7 Å². The molecule has 1 aromatic rings. The Morgan fingerprint density at radius 1 is 1.32 bits per heavy atom. The summed E-state index contributed by atoms with van der Waals surface area (Å²) in [6, 6.07) is 7.68. The van der Waals surface area contributed by atoms with Crippen LogP contribution in [0, 0.1) is 0 Å². The third kappa shape index (κ3) is 4.55. The van der Waals surface area contributed by atoms with Crippen molar-refractivity contribution in [2.24, 2.45) is 5.73 Å². The molecule has 0 radical (unpaired) electrons. The van der Waals surface area contributed by atoms with Crippen LogP contribution in [0.25, 0.3) is 0 Å². The zero-order valence-corrected chi connectivity index (χ0v) is 13.0. The molecule has 0 aliphatic carbocycles. The molecule has 0 aromatic heterocycles. The Hall–Kier alpha value is -1.00. The van der Waals surface area contributed by atoms with Crippen molar-refractivity contribution in [1.29, 1.82) is 0 Å². The topological polar surface area (TPSA) is 46.3 Å². The molecular weight excluding hydrogens is 256 g/mol. The second-order valence-electron chi connectivity index (χ2n) is 5.03. The van der Waals surface area contributed by atoms with Gasteiger partial charge in [0.1, 0.15) is 0 Å². The summed E-state index contributed by atoms with van der Waals surface area (Å²) >= 11 is 1.71. The van der Waals surface area contributed by atoms with Crippen LogP contribution in [-0.4, -0.2) is 31.0 Å². The minimum absolute atomic E-state index is 0.0219. The Labute approximate surface area is 120 Å². The Kier molecular flexibility index (Phi) is 6.38. The Morgan fingerprint density at radius 2 is 1.89 bits per heavy atom. The van der Waals surface area contributed by atoms with E-state index in [4.69, 9.17) is 5.73 Å². The molecule has 0 spiro atoms. The summed E-state index contributed by atoms with van der Waals surface area (Å²) in [7, 11) is 1.78. The fraction of sp³-hybridized carbons (Fsp3) is 0.533. The molecule has 0 bridgehead atoms. The van der Waals surface area contributed by atoms with Crippen LogP contribution in [0.3, 0.4) is 0 Å². The minimum atomic E-state index is -0.415. The van der Waals surface area contributed by atoms with Gasteiger partial charge in [0.05, 0.1) is 6.04 Å². The van der Waals surface area contributed by atoms with Gasteiger partial charge >= 0.3 is 0 Å². The lowest BCUT2D eigenvalue weighted by Gasteiger charge is -2.21. The molecule has 1 atom stereocenters. The number of thioether (sulfide) groups is 1. The summed E-state index contributed by atoms with van der Waals surface area (Å²) in [6.45, 7) is 4.31. The fourth-order valence-corrected chi connectivity index (χ4v) is 2.32. The molecule has 4 heteroatoms. The third-order valence-corrected chi connectivity index (χ3v) is 3.87. The summed E-state index contributed by atoms with van der Waals surface area (Å²) in [5.41, 5.74) is 8.09. The van der Waals surface area contributed by atoms with E-state index in [-0.39, 0.29) is 5.91 Å². The number of nitrogens with zero attached hydrogens (tertiary/aromatic N) is 1. The molecule has 0 aliphatic rings. The summed E-state index contributed by atoms with van der Waals surface area (Å²) in [6.07, 6.45) is 2.74. The van der Waals surface area contributed by atoms with Crippen molar-refractivity contribution in [2.45, 2.75) is 32.2 Å². The molecule has 0 saturated carbocycles. The van der Waals surface area contributed by atoms with Crippen molar-refractivity contribution in [2.75, 3.05) is 24.0 Å². The van der Waals surface area contributed by atoms with Crippen molar-refractivity contribution in [3.05, 3.63) is 29.8 Å². The molecule has 2 N–H and O–H groups in total. The minimum Gasteiger partial charge on any atom is -0.320 e. The second kappa shape index (κ2) is 7.56. The van der Waals surface area contributed by atoms with E-state index in [1.807, 2.05) is 18.4 Å². The van der Waals surface area contributed by atoms with Gasteiger partial charge in [-0.15, -0.1) is 0 Å². The first-order chi connectivity index (χ1) is 8.97. The van der Waals surface area contributed by atoms with E-state index in [1.54, 1.807) is 23.7 Å². The largest absolute Gasteiger partial charge is 0.320 e. The van der Waals surface area contributed by atoms with Crippen molar-refractivity contribution < 1.29 is 4.79 Å². The normalized spacial score (nSPS) is 12.5. The predicted octanol–water partition coefficient (Wildman–Crippen LogP) is 2.85. The predicted molar refractivity (Wildman–Crippen MR) is 84.9 cm³/mol. The highest BCUT2D eigenvalue weighted by Gasteiger charge is 2.18. The zero-order chi connectivity index (χ0) is 14.4. The lowest BCUT2D eigenvalue weighted by Crippen LogP contribution is -2.42.